The van der Waals surface area contributed by atoms with Gasteiger partial charge in [-0.25, -0.2) is 9.97 Å². The van der Waals surface area contributed by atoms with Gasteiger partial charge in [-0.05, 0) is 43.9 Å². The van der Waals surface area contributed by atoms with Crippen LogP contribution in [0.25, 0.3) is 39.1 Å². The van der Waals surface area contributed by atoms with Crippen molar-refractivity contribution in [1.29, 1.82) is 5.26 Å². The van der Waals surface area contributed by atoms with Crippen LogP contribution in [0.1, 0.15) is 36.6 Å². The standard InChI is InChI=1S/C28H24N6O/c1-17-23(13-29)26-31-14-20-12-22(18-6-4-3-5-7-18)24(32-25(20)34(26)33-17)19-8-10-21(11-9-19)28(30)15-27(2,35)16-28/h3-12,14,35H,15-16,30H2,1-2H3/t27-,28-. The average molecular weight is 461 g/mol. The molecule has 0 amide bonds. The highest BCUT2D eigenvalue weighted by molar-refractivity contribution is 5.91. The number of hydrogen-bond acceptors (Lipinski definition) is 6. The maximum Gasteiger partial charge on any atom is 0.175 e. The number of fused-ring (bicyclic) bond motifs is 3. The Bertz CT molecular complexity index is 1640. The molecule has 1 aliphatic carbocycles. The molecule has 2 aromatic carbocycles. The number of aryl methyl sites for hydroxylation is 1. The van der Waals surface area contributed by atoms with Gasteiger partial charge in [0.1, 0.15) is 11.6 Å². The minimum atomic E-state index is -0.711. The molecular weight excluding hydrogens is 436 g/mol. The lowest BCUT2D eigenvalue weighted by Crippen LogP contribution is -2.58. The number of pyridine rings is 1. The maximum atomic E-state index is 10.2. The summed E-state index contributed by atoms with van der Waals surface area (Å²) < 4.78 is 1.65. The van der Waals surface area contributed by atoms with Crippen molar-refractivity contribution in [2.45, 2.75) is 37.8 Å². The van der Waals surface area contributed by atoms with Crippen molar-refractivity contribution >= 4 is 16.7 Å². The topological polar surface area (TPSA) is 113 Å². The summed E-state index contributed by atoms with van der Waals surface area (Å²) in [6, 6.07) is 22.5. The fraction of sp³-hybridized carbons (Fsp3) is 0.214. The average Bonchev–Trinajstić information content (AvgIpc) is 3.18. The Morgan fingerprint density at radius 3 is 2.40 bits per heavy atom. The van der Waals surface area contributed by atoms with Gasteiger partial charge in [0.05, 0.1) is 17.0 Å². The number of nitrogens with zero attached hydrogens (tertiary/aromatic N) is 5. The molecule has 0 aliphatic heterocycles. The van der Waals surface area contributed by atoms with Crippen LogP contribution < -0.4 is 5.73 Å². The Balaban J connectivity index is 1.55. The number of aliphatic hydroxyl groups is 1. The van der Waals surface area contributed by atoms with Gasteiger partial charge in [-0.1, -0.05) is 54.6 Å². The molecule has 0 unspecified atom stereocenters. The third-order valence-corrected chi connectivity index (χ3v) is 6.92. The molecule has 6 rings (SSSR count). The van der Waals surface area contributed by atoms with Crippen LogP contribution in [0, 0.1) is 18.3 Å². The molecule has 7 heteroatoms. The van der Waals surface area contributed by atoms with Gasteiger partial charge >= 0.3 is 0 Å². The van der Waals surface area contributed by atoms with Gasteiger partial charge in [0.2, 0.25) is 0 Å². The molecule has 1 aliphatic rings. The molecule has 3 heterocycles. The van der Waals surface area contributed by atoms with Crippen LogP contribution >= 0.6 is 0 Å². The van der Waals surface area contributed by atoms with Gasteiger partial charge < -0.3 is 10.8 Å². The van der Waals surface area contributed by atoms with Crippen molar-refractivity contribution < 1.29 is 5.11 Å². The molecule has 0 saturated heterocycles. The zero-order chi connectivity index (χ0) is 24.4. The van der Waals surface area contributed by atoms with Gasteiger partial charge in [-0.15, -0.1) is 0 Å². The largest absolute Gasteiger partial charge is 0.390 e. The number of nitriles is 1. The second kappa shape index (κ2) is 7.44. The normalized spacial score (nSPS) is 21.7. The van der Waals surface area contributed by atoms with E-state index in [9.17, 15) is 10.4 Å². The first kappa shape index (κ1) is 21.4. The molecule has 172 valence electrons. The van der Waals surface area contributed by atoms with Gasteiger partial charge in [-0.3, -0.25) is 0 Å². The van der Waals surface area contributed by atoms with Crippen molar-refractivity contribution in [2.24, 2.45) is 5.73 Å². The van der Waals surface area contributed by atoms with E-state index in [4.69, 9.17) is 10.7 Å². The Morgan fingerprint density at radius 1 is 1.03 bits per heavy atom. The van der Waals surface area contributed by atoms with Crippen LogP contribution in [0.5, 0.6) is 0 Å². The lowest BCUT2D eigenvalue weighted by atomic mass is 9.63. The van der Waals surface area contributed by atoms with E-state index < -0.39 is 11.1 Å². The van der Waals surface area contributed by atoms with Crippen molar-refractivity contribution in [3.63, 3.8) is 0 Å². The van der Waals surface area contributed by atoms with Crippen molar-refractivity contribution in [3.8, 4) is 28.5 Å². The zero-order valence-corrected chi connectivity index (χ0v) is 19.5. The summed E-state index contributed by atoms with van der Waals surface area (Å²) in [5.41, 5.74) is 12.3. The van der Waals surface area contributed by atoms with Crippen LogP contribution in [0.2, 0.25) is 0 Å². The quantitative estimate of drug-likeness (QED) is 0.410. The molecule has 0 radical (unpaired) electrons. The number of benzene rings is 2. The molecule has 3 N–H and O–H groups in total. The molecule has 35 heavy (non-hydrogen) atoms. The number of hydrogen-bond donors (Lipinski definition) is 2. The minimum Gasteiger partial charge on any atom is -0.390 e. The lowest BCUT2D eigenvalue weighted by Gasteiger charge is -2.49. The molecule has 0 spiro atoms. The third kappa shape index (κ3) is 3.38. The highest BCUT2D eigenvalue weighted by Gasteiger charge is 2.49. The van der Waals surface area contributed by atoms with Crippen LogP contribution in [-0.4, -0.2) is 30.3 Å². The summed E-state index contributed by atoms with van der Waals surface area (Å²) in [4.78, 5) is 9.58. The zero-order valence-electron chi connectivity index (χ0n) is 19.5. The van der Waals surface area contributed by atoms with Gasteiger partial charge in [-0.2, -0.15) is 14.9 Å². The second-order valence-electron chi connectivity index (χ2n) is 9.81. The maximum absolute atomic E-state index is 10.2. The number of rotatable bonds is 3. The van der Waals surface area contributed by atoms with E-state index in [0.717, 1.165) is 33.3 Å². The monoisotopic (exact) mass is 460 g/mol. The predicted octanol–water partition coefficient (Wildman–Crippen LogP) is 4.49. The van der Waals surface area contributed by atoms with Crippen LogP contribution in [0.3, 0.4) is 0 Å². The molecular formula is C28H24N6O. The van der Waals surface area contributed by atoms with E-state index in [1.807, 2.05) is 49.4 Å². The molecule has 0 bridgehead atoms. The summed E-state index contributed by atoms with van der Waals surface area (Å²) in [6.45, 7) is 3.62. The van der Waals surface area contributed by atoms with Gasteiger partial charge in [0, 0.05) is 28.2 Å². The van der Waals surface area contributed by atoms with E-state index >= 15 is 0 Å². The minimum absolute atomic E-state index is 0.455. The Labute approximate surface area is 202 Å². The van der Waals surface area contributed by atoms with Crippen molar-refractivity contribution in [3.05, 3.63) is 83.7 Å². The first-order valence-electron chi connectivity index (χ1n) is 11.5. The van der Waals surface area contributed by atoms with Crippen LogP contribution in [0.15, 0.2) is 66.9 Å². The highest BCUT2D eigenvalue weighted by atomic mass is 16.3. The summed E-state index contributed by atoms with van der Waals surface area (Å²) in [6.07, 6.45) is 2.82. The molecule has 7 nitrogen and oxygen atoms in total. The summed E-state index contributed by atoms with van der Waals surface area (Å²) in [7, 11) is 0. The molecule has 3 aromatic heterocycles. The van der Waals surface area contributed by atoms with Gasteiger partial charge in [0.15, 0.2) is 11.3 Å². The predicted molar refractivity (Wildman–Crippen MR) is 134 cm³/mol. The summed E-state index contributed by atoms with van der Waals surface area (Å²) in [5, 5.41) is 25.2. The smallest absolute Gasteiger partial charge is 0.175 e. The Kier molecular flexibility index (Phi) is 4.55. The van der Waals surface area contributed by atoms with E-state index in [0.29, 0.717) is 35.4 Å². The second-order valence-corrected chi connectivity index (χ2v) is 9.81. The fourth-order valence-electron chi connectivity index (χ4n) is 5.36. The first-order valence-corrected chi connectivity index (χ1v) is 11.5. The molecule has 5 aromatic rings. The molecule has 0 atom stereocenters. The Hall–Kier alpha value is -4.12. The summed E-state index contributed by atoms with van der Waals surface area (Å²) >= 11 is 0. The van der Waals surface area contributed by atoms with E-state index in [1.165, 1.54) is 0 Å². The third-order valence-electron chi connectivity index (χ3n) is 6.92. The number of aromatic nitrogens is 4. The van der Waals surface area contributed by atoms with E-state index in [1.54, 1.807) is 17.6 Å². The van der Waals surface area contributed by atoms with Crippen LogP contribution in [-0.2, 0) is 5.54 Å². The lowest BCUT2D eigenvalue weighted by molar-refractivity contribution is -0.0738. The fourth-order valence-corrected chi connectivity index (χ4v) is 5.36. The Morgan fingerprint density at radius 2 is 1.74 bits per heavy atom. The van der Waals surface area contributed by atoms with Gasteiger partial charge in [0.25, 0.3) is 0 Å². The van der Waals surface area contributed by atoms with Crippen molar-refractivity contribution in [2.75, 3.05) is 0 Å². The van der Waals surface area contributed by atoms with Crippen molar-refractivity contribution in [1.82, 2.24) is 19.6 Å². The van der Waals surface area contributed by atoms with Crippen LogP contribution in [0.4, 0.5) is 0 Å². The highest BCUT2D eigenvalue weighted by Crippen LogP contribution is 2.46. The SMILES string of the molecule is Cc1nn2c(ncc3cc(-c4ccccc4)c(-c4ccc([C@]5(N)C[C@](C)(O)C5)cc4)nc32)c1C#N. The first-order chi connectivity index (χ1) is 16.8. The number of nitrogens with two attached hydrogens (primary N) is 1. The van der Waals surface area contributed by atoms with E-state index in [-0.39, 0.29) is 0 Å². The molecule has 1 fully saturated rings. The van der Waals surface area contributed by atoms with E-state index in [2.05, 4.69) is 34.4 Å². The molecule has 1 saturated carbocycles. The summed E-state index contributed by atoms with van der Waals surface area (Å²) in [5.74, 6) is 0.